The minimum Gasteiger partial charge on any atom is -0.495 e. The third-order valence-corrected chi connectivity index (χ3v) is 11.5. The second-order valence-electron chi connectivity index (χ2n) is 12.2. The van der Waals surface area contributed by atoms with E-state index in [1.807, 2.05) is 6.07 Å². The Labute approximate surface area is 271 Å². The van der Waals surface area contributed by atoms with Gasteiger partial charge in [-0.2, -0.15) is 18.2 Å². The van der Waals surface area contributed by atoms with Crippen molar-refractivity contribution in [2.75, 3.05) is 44.9 Å². The van der Waals surface area contributed by atoms with Crippen molar-refractivity contribution in [1.29, 1.82) is 0 Å². The molecule has 3 aromatic rings. The number of piperidine rings is 1. The Hall–Kier alpha value is -3.71. The SMILES string of the molecule is CCC(CC)(c1ccc(Nc2ncc(C(F)(F)F)c(Nc3ccc(C4CCN(C)CC4)c4c3C(=O)N(C)C4)n2)c(OC)c1)P(=O)(O)O. The van der Waals surface area contributed by atoms with Gasteiger partial charge in [0.2, 0.25) is 5.95 Å². The molecule has 1 saturated heterocycles. The molecule has 4 N–H and O–H groups in total. The van der Waals surface area contributed by atoms with Crippen molar-refractivity contribution in [1.82, 2.24) is 19.8 Å². The van der Waals surface area contributed by atoms with E-state index in [1.54, 1.807) is 31.9 Å². The van der Waals surface area contributed by atoms with Crippen LogP contribution in [-0.2, 0) is 22.4 Å². The van der Waals surface area contributed by atoms with Crippen LogP contribution in [0.5, 0.6) is 5.75 Å². The summed E-state index contributed by atoms with van der Waals surface area (Å²) in [5.74, 6) is -0.581. The first-order chi connectivity index (χ1) is 22.1. The number of hydrogen-bond acceptors (Lipinski definition) is 8. The van der Waals surface area contributed by atoms with Gasteiger partial charge in [-0.05, 0) is 86.6 Å². The molecule has 0 bridgehead atoms. The Morgan fingerprint density at radius 2 is 1.70 bits per heavy atom. The van der Waals surface area contributed by atoms with Gasteiger partial charge in [0.1, 0.15) is 17.1 Å². The highest BCUT2D eigenvalue weighted by Gasteiger charge is 2.45. The van der Waals surface area contributed by atoms with Crippen molar-refractivity contribution < 1.29 is 37.1 Å². The first kappa shape index (κ1) is 34.6. The molecule has 0 radical (unpaired) electrons. The summed E-state index contributed by atoms with van der Waals surface area (Å²) in [5.41, 5.74) is 1.93. The minimum atomic E-state index is -4.80. The number of rotatable bonds is 10. The molecule has 2 aliphatic rings. The number of aromatic nitrogens is 2. The molecule has 0 atom stereocenters. The van der Waals surface area contributed by atoms with Crippen molar-refractivity contribution in [3.63, 3.8) is 0 Å². The fourth-order valence-electron chi connectivity index (χ4n) is 6.70. The number of anilines is 4. The number of methoxy groups -OCH3 is 1. The molecule has 11 nitrogen and oxygen atoms in total. The van der Waals surface area contributed by atoms with E-state index >= 15 is 0 Å². The van der Waals surface area contributed by atoms with Gasteiger partial charge in [-0.15, -0.1) is 0 Å². The van der Waals surface area contributed by atoms with Gasteiger partial charge in [-0.25, -0.2) is 4.98 Å². The zero-order chi connectivity index (χ0) is 34.3. The summed E-state index contributed by atoms with van der Waals surface area (Å²) in [6.45, 7) is 5.58. The van der Waals surface area contributed by atoms with Crippen LogP contribution >= 0.6 is 7.60 Å². The maximum Gasteiger partial charge on any atom is 0.421 e. The topological polar surface area (TPSA) is 140 Å². The highest BCUT2D eigenvalue weighted by molar-refractivity contribution is 7.53. The molecule has 2 aromatic carbocycles. The smallest absolute Gasteiger partial charge is 0.421 e. The van der Waals surface area contributed by atoms with E-state index < -0.39 is 30.3 Å². The van der Waals surface area contributed by atoms with Crippen molar-refractivity contribution in [3.05, 3.63) is 64.3 Å². The average Bonchev–Trinajstić information content (AvgIpc) is 3.32. The standard InChI is InChI=1S/C32H40F3N6O5P/c1-6-31(7-2,47(43,44)45)20-8-10-24(26(16-20)46-5)38-30-36-17-23(32(33,34)35)28(39-30)37-25-11-9-21(19-12-14-40(3)15-13-19)22-18-41(4)29(42)27(22)25/h8-11,16-17,19H,6-7,12-15,18H2,1-5H3,(H2,43,44,45)(H2,36,37,38,39). The summed E-state index contributed by atoms with van der Waals surface area (Å²) in [5, 5.41) is 4.24. The van der Waals surface area contributed by atoms with Gasteiger partial charge in [-0.3, -0.25) is 9.36 Å². The molecule has 47 heavy (non-hydrogen) atoms. The number of carbonyl (C=O) groups is 1. The molecule has 1 aromatic heterocycles. The third kappa shape index (κ3) is 6.56. The Kier molecular flexibility index (Phi) is 9.62. The molecule has 1 fully saturated rings. The first-order valence-electron chi connectivity index (χ1n) is 15.5. The molecular weight excluding hydrogens is 636 g/mol. The summed E-state index contributed by atoms with van der Waals surface area (Å²) < 4.78 is 60.6. The number of ether oxygens (including phenoxy) is 1. The predicted molar refractivity (Wildman–Crippen MR) is 173 cm³/mol. The van der Waals surface area contributed by atoms with Gasteiger partial charge in [0.25, 0.3) is 5.91 Å². The molecule has 0 unspecified atom stereocenters. The van der Waals surface area contributed by atoms with Crippen LogP contribution in [0.4, 0.5) is 36.3 Å². The van der Waals surface area contributed by atoms with E-state index in [2.05, 4.69) is 32.5 Å². The molecule has 2 aliphatic heterocycles. The monoisotopic (exact) mass is 676 g/mol. The normalized spacial score (nSPS) is 16.4. The Morgan fingerprint density at radius 1 is 1.04 bits per heavy atom. The van der Waals surface area contributed by atoms with E-state index in [9.17, 15) is 32.3 Å². The van der Waals surface area contributed by atoms with Gasteiger partial charge in [0, 0.05) is 19.8 Å². The Morgan fingerprint density at radius 3 is 2.30 bits per heavy atom. The number of benzene rings is 2. The fourth-order valence-corrected chi connectivity index (χ4v) is 8.00. The second-order valence-corrected chi connectivity index (χ2v) is 14.1. The number of nitrogens with one attached hydrogen (secondary N) is 2. The lowest BCUT2D eigenvalue weighted by Crippen LogP contribution is -2.29. The number of carbonyl (C=O) groups excluding carboxylic acids is 1. The minimum absolute atomic E-state index is 0.168. The van der Waals surface area contributed by atoms with E-state index in [4.69, 9.17) is 4.74 Å². The van der Waals surface area contributed by atoms with Crippen LogP contribution in [0, 0.1) is 0 Å². The van der Waals surface area contributed by atoms with Crippen LogP contribution < -0.4 is 15.4 Å². The number of amides is 1. The molecule has 3 heterocycles. The zero-order valence-electron chi connectivity index (χ0n) is 27.0. The van der Waals surface area contributed by atoms with Crippen molar-refractivity contribution in [2.45, 2.75) is 63.3 Å². The Balaban J connectivity index is 1.52. The summed E-state index contributed by atoms with van der Waals surface area (Å²) in [6.07, 6.45) is -1.96. The molecule has 15 heteroatoms. The summed E-state index contributed by atoms with van der Waals surface area (Å²) >= 11 is 0. The van der Waals surface area contributed by atoms with Crippen LogP contribution in [0.1, 0.15) is 78.1 Å². The zero-order valence-corrected chi connectivity index (χ0v) is 27.9. The van der Waals surface area contributed by atoms with Crippen molar-refractivity contribution in [2.24, 2.45) is 0 Å². The molecule has 254 valence electrons. The number of likely N-dealkylation sites (tertiary alicyclic amines) is 1. The van der Waals surface area contributed by atoms with Gasteiger partial charge in [0.15, 0.2) is 0 Å². The number of alkyl halides is 3. The largest absolute Gasteiger partial charge is 0.495 e. The fraction of sp³-hybridized carbons (Fsp3) is 0.469. The lowest BCUT2D eigenvalue weighted by molar-refractivity contribution is -0.137. The van der Waals surface area contributed by atoms with Crippen LogP contribution in [0.15, 0.2) is 36.5 Å². The van der Waals surface area contributed by atoms with Crippen molar-refractivity contribution in [3.8, 4) is 5.75 Å². The van der Waals surface area contributed by atoms with Gasteiger partial charge < -0.3 is 35.0 Å². The van der Waals surface area contributed by atoms with Crippen molar-refractivity contribution >= 4 is 36.6 Å². The number of halogens is 3. The summed E-state index contributed by atoms with van der Waals surface area (Å²) in [7, 11) is 0.525. The number of nitrogens with zero attached hydrogens (tertiary/aromatic N) is 4. The lowest BCUT2D eigenvalue weighted by Gasteiger charge is -2.33. The van der Waals surface area contributed by atoms with Gasteiger partial charge in [-0.1, -0.05) is 26.0 Å². The third-order valence-electron chi connectivity index (χ3n) is 9.52. The maximum absolute atomic E-state index is 14.2. The maximum atomic E-state index is 14.2. The molecule has 0 saturated carbocycles. The Bertz CT molecular complexity index is 1700. The molecule has 0 spiro atoms. The number of hydrogen-bond donors (Lipinski definition) is 4. The van der Waals surface area contributed by atoms with Crippen LogP contribution in [0.3, 0.4) is 0 Å². The van der Waals surface area contributed by atoms with E-state index in [1.165, 1.54) is 25.3 Å². The average molecular weight is 677 g/mol. The highest BCUT2D eigenvalue weighted by atomic mass is 31.2. The lowest BCUT2D eigenvalue weighted by atomic mass is 9.85. The van der Waals surface area contributed by atoms with E-state index in [0.29, 0.717) is 23.9 Å². The van der Waals surface area contributed by atoms with Crippen LogP contribution in [0.2, 0.25) is 0 Å². The highest BCUT2D eigenvalue weighted by Crippen LogP contribution is 2.61. The van der Waals surface area contributed by atoms with E-state index in [0.717, 1.165) is 37.1 Å². The van der Waals surface area contributed by atoms with Crippen LogP contribution in [-0.4, -0.2) is 69.8 Å². The molecular formula is C32H40F3N6O5P. The van der Waals surface area contributed by atoms with Crippen LogP contribution in [0.25, 0.3) is 0 Å². The van der Waals surface area contributed by atoms with E-state index in [-0.39, 0.29) is 47.7 Å². The number of fused-ring (bicyclic) bond motifs is 1. The molecule has 5 rings (SSSR count). The van der Waals surface area contributed by atoms with Gasteiger partial charge >= 0.3 is 13.8 Å². The summed E-state index contributed by atoms with van der Waals surface area (Å²) in [4.78, 5) is 45.6. The summed E-state index contributed by atoms with van der Waals surface area (Å²) in [6, 6.07) is 8.09. The van der Waals surface area contributed by atoms with Gasteiger partial charge in [0.05, 0.1) is 29.2 Å². The molecule has 1 amide bonds. The predicted octanol–water partition coefficient (Wildman–Crippen LogP) is 6.58. The quantitative estimate of drug-likeness (QED) is 0.174. The second kappa shape index (κ2) is 13.1. The first-order valence-corrected chi connectivity index (χ1v) is 17.1. The molecule has 0 aliphatic carbocycles.